The third-order valence-electron chi connectivity index (χ3n) is 2.49. The van der Waals surface area contributed by atoms with Crippen LogP contribution < -0.4 is 5.32 Å². The van der Waals surface area contributed by atoms with Crippen LogP contribution in [0.25, 0.3) is 0 Å². The van der Waals surface area contributed by atoms with E-state index in [0.29, 0.717) is 25.5 Å². The van der Waals surface area contributed by atoms with Gasteiger partial charge in [0.1, 0.15) is 11.6 Å². The molecule has 1 aromatic rings. The number of hydrogen-bond acceptors (Lipinski definition) is 5. The molecule has 1 heterocycles. The van der Waals surface area contributed by atoms with Gasteiger partial charge in [0.25, 0.3) is 0 Å². The van der Waals surface area contributed by atoms with E-state index >= 15 is 0 Å². The van der Waals surface area contributed by atoms with Gasteiger partial charge in [-0.15, -0.1) is 0 Å². The molecular formula is C11H20N4O2S. The third-order valence-corrected chi connectivity index (χ3v) is 3.87. The molecule has 1 N–H and O–H groups in total. The molecule has 1 rings (SSSR count). The molecule has 0 aromatic carbocycles. The molecule has 0 unspecified atom stereocenters. The lowest BCUT2D eigenvalue weighted by Gasteiger charge is -2.17. The van der Waals surface area contributed by atoms with Crippen LogP contribution in [0.15, 0.2) is 12.3 Å². The second kappa shape index (κ2) is 6.65. The van der Waals surface area contributed by atoms with Gasteiger partial charge in [-0.2, -0.15) is 0 Å². The molecule has 0 saturated heterocycles. The van der Waals surface area contributed by atoms with Gasteiger partial charge in [-0.05, 0) is 19.4 Å². The van der Waals surface area contributed by atoms with Gasteiger partial charge >= 0.3 is 0 Å². The number of rotatable bonds is 7. The van der Waals surface area contributed by atoms with Crippen molar-refractivity contribution in [2.75, 3.05) is 31.2 Å². The average Bonchev–Trinajstić information content (AvgIpc) is 2.27. The Bertz CT molecular complexity index is 476. The standard InChI is InChI=1S/C11H20N4O2S/c1-4-15(18(3,16)17)9-5-7-13-11-6-8-12-10(2)14-11/h6,8H,4-5,7,9H2,1-3H3,(H,12,13,14). The molecule has 1 aromatic heterocycles. The Morgan fingerprint density at radius 1 is 1.44 bits per heavy atom. The topological polar surface area (TPSA) is 75.2 Å². The quantitative estimate of drug-likeness (QED) is 0.745. The average molecular weight is 272 g/mol. The summed E-state index contributed by atoms with van der Waals surface area (Å²) in [6.45, 7) is 5.37. The number of anilines is 1. The fourth-order valence-electron chi connectivity index (χ4n) is 1.58. The summed E-state index contributed by atoms with van der Waals surface area (Å²) in [5.41, 5.74) is 0. The molecule has 0 saturated carbocycles. The summed E-state index contributed by atoms with van der Waals surface area (Å²) in [4.78, 5) is 8.21. The molecular weight excluding hydrogens is 252 g/mol. The van der Waals surface area contributed by atoms with Crippen LogP contribution in [0.1, 0.15) is 19.2 Å². The lowest BCUT2D eigenvalue weighted by Crippen LogP contribution is -2.31. The summed E-state index contributed by atoms with van der Waals surface area (Å²) in [6, 6.07) is 1.79. The molecule has 18 heavy (non-hydrogen) atoms. The number of aromatic nitrogens is 2. The third kappa shape index (κ3) is 4.97. The molecule has 0 spiro atoms. The Hall–Kier alpha value is -1.21. The Balaban J connectivity index is 2.35. The van der Waals surface area contributed by atoms with Crippen molar-refractivity contribution in [2.24, 2.45) is 0 Å². The van der Waals surface area contributed by atoms with Crippen molar-refractivity contribution in [2.45, 2.75) is 20.3 Å². The minimum atomic E-state index is -3.09. The van der Waals surface area contributed by atoms with E-state index in [-0.39, 0.29) is 0 Å². The molecule has 102 valence electrons. The van der Waals surface area contributed by atoms with Gasteiger partial charge in [0.2, 0.25) is 10.0 Å². The highest BCUT2D eigenvalue weighted by molar-refractivity contribution is 7.88. The second-order valence-corrected chi connectivity index (χ2v) is 6.01. The van der Waals surface area contributed by atoms with E-state index in [2.05, 4.69) is 15.3 Å². The van der Waals surface area contributed by atoms with Crippen LogP contribution in [0, 0.1) is 6.92 Å². The first kappa shape index (κ1) is 14.8. The number of hydrogen-bond donors (Lipinski definition) is 1. The molecule has 0 amide bonds. The van der Waals surface area contributed by atoms with Gasteiger partial charge in [0.05, 0.1) is 6.26 Å². The summed E-state index contributed by atoms with van der Waals surface area (Å²) in [5, 5.41) is 3.14. The van der Waals surface area contributed by atoms with Gasteiger partial charge < -0.3 is 5.32 Å². The molecule has 7 heteroatoms. The van der Waals surface area contributed by atoms with Crippen LogP contribution in [-0.4, -0.2) is 48.6 Å². The van der Waals surface area contributed by atoms with E-state index in [9.17, 15) is 8.42 Å². The van der Waals surface area contributed by atoms with E-state index in [4.69, 9.17) is 0 Å². The van der Waals surface area contributed by atoms with E-state index in [1.165, 1.54) is 10.6 Å². The van der Waals surface area contributed by atoms with Crippen LogP contribution in [0.2, 0.25) is 0 Å². The van der Waals surface area contributed by atoms with Crippen molar-refractivity contribution >= 4 is 15.8 Å². The highest BCUT2D eigenvalue weighted by Gasteiger charge is 2.12. The molecule has 0 radical (unpaired) electrons. The second-order valence-electron chi connectivity index (χ2n) is 4.02. The van der Waals surface area contributed by atoms with Gasteiger partial charge in [-0.3, -0.25) is 0 Å². The summed E-state index contributed by atoms with van der Waals surface area (Å²) in [7, 11) is -3.09. The first-order valence-electron chi connectivity index (χ1n) is 5.92. The lowest BCUT2D eigenvalue weighted by molar-refractivity contribution is 0.428. The minimum absolute atomic E-state index is 0.505. The molecule has 0 fully saturated rings. The van der Waals surface area contributed by atoms with E-state index in [0.717, 1.165) is 12.2 Å². The van der Waals surface area contributed by atoms with Gasteiger partial charge in [0, 0.05) is 25.8 Å². The predicted molar refractivity (Wildman–Crippen MR) is 72.0 cm³/mol. The maximum atomic E-state index is 11.4. The lowest BCUT2D eigenvalue weighted by atomic mass is 10.4. The highest BCUT2D eigenvalue weighted by atomic mass is 32.2. The van der Waals surface area contributed by atoms with Crippen molar-refractivity contribution in [3.63, 3.8) is 0 Å². The Morgan fingerprint density at radius 2 is 2.17 bits per heavy atom. The van der Waals surface area contributed by atoms with E-state index in [1.807, 2.05) is 13.8 Å². The molecule has 0 atom stereocenters. The van der Waals surface area contributed by atoms with Crippen LogP contribution in [0.5, 0.6) is 0 Å². The van der Waals surface area contributed by atoms with Crippen LogP contribution in [0.3, 0.4) is 0 Å². The van der Waals surface area contributed by atoms with Crippen LogP contribution in [-0.2, 0) is 10.0 Å². The van der Waals surface area contributed by atoms with Crippen molar-refractivity contribution in [3.8, 4) is 0 Å². The number of aryl methyl sites for hydroxylation is 1. The van der Waals surface area contributed by atoms with Crippen LogP contribution in [0.4, 0.5) is 5.82 Å². The molecule has 0 aliphatic heterocycles. The highest BCUT2D eigenvalue weighted by Crippen LogP contribution is 2.02. The monoisotopic (exact) mass is 272 g/mol. The number of nitrogens with one attached hydrogen (secondary N) is 1. The van der Waals surface area contributed by atoms with Crippen LogP contribution >= 0.6 is 0 Å². The fourth-order valence-corrected chi connectivity index (χ4v) is 2.51. The first-order valence-corrected chi connectivity index (χ1v) is 7.77. The summed E-state index contributed by atoms with van der Waals surface area (Å²) >= 11 is 0. The summed E-state index contributed by atoms with van der Waals surface area (Å²) in [6.07, 6.45) is 3.67. The Labute approximate surface area is 108 Å². The smallest absolute Gasteiger partial charge is 0.211 e. The maximum absolute atomic E-state index is 11.4. The van der Waals surface area contributed by atoms with Crippen molar-refractivity contribution < 1.29 is 8.42 Å². The zero-order valence-corrected chi connectivity index (χ0v) is 11.9. The largest absolute Gasteiger partial charge is 0.370 e. The zero-order valence-electron chi connectivity index (χ0n) is 11.0. The van der Waals surface area contributed by atoms with E-state index in [1.54, 1.807) is 12.3 Å². The first-order chi connectivity index (χ1) is 8.43. The van der Waals surface area contributed by atoms with Crippen molar-refractivity contribution in [1.29, 1.82) is 0 Å². The van der Waals surface area contributed by atoms with E-state index < -0.39 is 10.0 Å². The minimum Gasteiger partial charge on any atom is -0.370 e. The van der Waals surface area contributed by atoms with Gasteiger partial charge in [-0.25, -0.2) is 22.7 Å². The van der Waals surface area contributed by atoms with Crippen molar-refractivity contribution in [1.82, 2.24) is 14.3 Å². The Kier molecular flexibility index (Phi) is 5.49. The molecule has 0 bridgehead atoms. The molecule has 0 aliphatic rings. The number of sulfonamides is 1. The predicted octanol–water partition coefficient (Wildman–Crippen LogP) is 0.869. The Morgan fingerprint density at radius 3 is 2.72 bits per heavy atom. The zero-order chi connectivity index (χ0) is 13.6. The SMILES string of the molecule is CCN(CCCNc1ccnc(C)n1)S(C)(=O)=O. The number of nitrogens with zero attached hydrogens (tertiary/aromatic N) is 3. The van der Waals surface area contributed by atoms with Crippen molar-refractivity contribution in [3.05, 3.63) is 18.1 Å². The van der Waals surface area contributed by atoms with Gasteiger partial charge in [0.15, 0.2) is 0 Å². The fraction of sp³-hybridized carbons (Fsp3) is 0.636. The maximum Gasteiger partial charge on any atom is 0.211 e. The molecule has 0 aliphatic carbocycles. The summed E-state index contributed by atoms with van der Waals surface area (Å²) in [5.74, 6) is 1.48. The normalized spacial score (nSPS) is 11.8. The molecule has 6 nitrogen and oxygen atoms in total. The van der Waals surface area contributed by atoms with Gasteiger partial charge in [-0.1, -0.05) is 6.92 Å². The summed E-state index contributed by atoms with van der Waals surface area (Å²) < 4.78 is 24.2.